The van der Waals surface area contributed by atoms with Crippen LogP contribution in [0.15, 0.2) is 48.5 Å². The van der Waals surface area contributed by atoms with Gasteiger partial charge in [-0.05, 0) is 18.2 Å². The molecule has 0 aliphatic rings. The summed E-state index contributed by atoms with van der Waals surface area (Å²) in [7, 11) is 0. The first kappa shape index (κ1) is 12.0. The molecule has 2 rings (SSSR count). The second kappa shape index (κ2) is 5.23. The molecule has 4 nitrogen and oxygen atoms in total. The average Bonchev–Trinajstić information content (AvgIpc) is 2.31. The molecular weight excluding hydrogens is 232 g/mol. The van der Waals surface area contributed by atoms with Crippen molar-refractivity contribution in [2.75, 3.05) is 0 Å². The van der Waals surface area contributed by atoms with Crippen molar-refractivity contribution in [1.82, 2.24) is 0 Å². The molecule has 0 aliphatic carbocycles. The Bertz CT molecular complexity index is 563. The van der Waals surface area contributed by atoms with Crippen LogP contribution in [-0.2, 0) is 11.2 Å². The van der Waals surface area contributed by atoms with E-state index in [1.165, 1.54) is 12.1 Å². The molecule has 0 saturated carbocycles. The summed E-state index contributed by atoms with van der Waals surface area (Å²) in [6, 6.07) is 13.3. The van der Waals surface area contributed by atoms with Gasteiger partial charge in [-0.25, -0.2) is 0 Å². The fraction of sp³-hybridized carbons (Fsp3) is 0.0714. The topological polar surface area (TPSA) is 66.8 Å². The standard InChI is InChI=1S/C14H12O4/c15-11-5-3-6-12(9-11)18-13-7-2-1-4-10(13)8-14(16)17/h1-7,9,15H,8H2,(H,16,17). The number of carbonyl (C=O) groups is 1. The lowest BCUT2D eigenvalue weighted by atomic mass is 10.1. The van der Waals surface area contributed by atoms with E-state index in [0.717, 1.165) is 0 Å². The van der Waals surface area contributed by atoms with Crippen LogP contribution >= 0.6 is 0 Å². The average molecular weight is 244 g/mol. The van der Waals surface area contributed by atoms with Gasteiger partial charge in [-0.2, -0.15) is 0 Å². The summed E-state index contributed by atoms with van der Waals surface area (Å²) in [5.74, 6) is 0.128. The van der Waals surface area contributed by atoms with Crippen LogP contribution in [0, 0.1) is 0 Å². The number of phenolic OH excluding ortho intramolecular Hbond substituents is 1. The van der Waals surface area contributed by atoms with Gasteiger partial charge in [0.25, 0.3) is 0 Å². The lowest BCUT2D eigenvalue weighted by Crippen LogP contribution is -2.01. The molecular formula is C14H12O4. The third kappa shape index (κ3) is 3.01. The van der Waals surface area contributed by atoms with Gasteiger partial charge in [0.2, 0.25) is 0 Å². The number of ether oxygens (including phenoxy) is 1. The summed E-state index contributed by atoms with van der Waals surface area (Å²) in [4.78, 5) is 10.7. The number of rotatable bonds is 4. The van der Waals surface area contributed by atoms with Crippen molar-refractivity contribution in [3.8, 4) is 17.2 Å². The molecule has 92 valence electrons. The van der Waals surface area contributed by atoms with Crippen LogP contribution in [0.3, 0.4) is 0 Å². The minimum atomic E-state index is -0.915. The van der Waals surface area contributed by atoms with E-state index in [4.69, 9.17) is 9.84 Å². The maximum absolute atomic E-state index is 10.7. The van der Waals surface area contributed by atoms with Crippen LogP contribution in [0.4, 0.5) is 0 Å². The largest absolute Gasteiger partial charge is 0.508 e. The van der Waals surface area contributed by atoms with Crippen LogP contribution in [0.1, 0.15) is 5.56 Å². The Kier molecular flexibility index (Phi) is 3.48. The first-order valence-corrected chi connectivity index (χ1v) is 5.42. The fourth-order valence-electron chi connectivity index (χ4n) is 1.59. The molecule has 0 heterocycles. The minimum Gasteiger partial charge on any atom is -0.508 e. The number of aromatic hydroxyl groups is 1. The third-order valence-electron chi connectivity index (χ3n) is 2.36. The number of carboxylic acid groups (broad SMARTS) is 1. The van der Waals surface area contributed by atoms with Gasteiger partial charge >= 0.3 is 5.97 Å². The van der Waals surface area contributed by atoms with E-state index in [2.05, 4.69) is 0 Å². The summed E-state index contributed by atoms with van der Waals surface area (Å²) >= 11 is 0. The van der Waals surface area contributed by atoms with E-state index in [0.29, 0.717) is 17.1 Å². The summed E-state index contributed by atoms with van der Waals surface area (Å²) < 4.78 is 5.57. The first-order valence-electron chi connectivity index (χ1n) is 5.42. The smallest absolute Gasteiger partial charge is 0.307 e. The first-order chi connectivity index (χ1) is 8.65. The van der Waals surface area contributed by atoms with E-state index >= 15 is 0 Å². The second-order valence-corrected chi connectivity index (χ2v) is 3.78. The van der Waals surface area contributed by atoms with Gasteiger partial charge in [0.1, 0.15) is 17.2 Å². The van der Waals surface area contributed by atoms with Crippen molar-refractivity contribution in [3.05, 3.63) is 54.1 Å². The Balaban J connectivity index is 2.26. The highest BCUT2D eigenvalue weighted by molar-refractivity contribution is 5.71. The number of hydrogen-bond donors (Lipinski definition) is 2. The van der Waals surface area contributed by atoms with Crippen LogP contribution < -0.4 is 4.74 Å². The molecule has 18 heavy (non-hydrogen) atoms. The highest BCUT2D eigenvalue weighted by Gasteiger charge is 2.08. The molecule has 0 aliphatic heterocycles. The zero-order valence-corrected chi connectivity index (χ0v) is 9.54. The van der Waals surface area contributed by atoms with Crippen molar-refractivity contribution in [1.29, 1.82) is 0 Å². The molecule has 0 aromatic heterocycles. The minimum absolute atomic E-state index is 0.100. The highest BCUT2D eigenvalue weighted by atomic mass is 16.5. The molecule has 0 unspecified atom stereocenters. The summed E-state index contributed by atoms with van der Waals surface area (Å²) in [6.07, 6.45) is -0.102. The van der Waals surface area contributed by atoms with E-state index < -0.39 is 5.97 Å². The lowest BCUT2D eigenvalue weighted by molar-refractivity contribution is -0.136. The van der Waals surface area contributed by atoms with E-state index in [1.54, 1.807) is 36.4 Å². The molecule has 2 N–H and O–H groups in total. The van der Waals surface area contributed by atoms with Crippen LogP contribution in [0.2, 0.25) is 0 Å². The van der Waals surface area contributed by atoms with E-state index in [-0.39, 0.29) is 12.2 Å². The van der Waals surface area contributed by atoms with Crippen molar-refractivity contribution in [2.24, 2.45) is 0 Å². The Morgan fingerprint density at radius 3 is 2.61 bits per heavy atom. The summed E-state index contributed by atoms with van der Waals surface area (Å²) in [6.45, 7) is 0. The molecule has 0 saturated heterocycles. The molecule has 0 amide bonds. The molecule has 0 fully saturated rings. The third-order valence-corrected chi connectivity index (χ3v) is 2.36. The maximum atomic E-state index is 10.7. The predicted molar refractivity (Wildman–Crippen MR) is 66.0 cm³/mol. The normalized spacial score (nSPS) is 10.0. The number of carboxylic acids is 1. The lowest BCUT2D eigenvalue weighted by Gasteiger charge is -2.09. The molecule has 0 spiro atoms. The monoisotopic (exact) mass is 244 g/mol. The van der Waals surface area contributed by atoms with Gasteiger partial charge in [-0.3, -0.25) is 4.79 Å². The Morgan fingerprint density at radius 1 is 1.11 bits per heavy atom. The summed E-state index contributed by atoms with van der Waals surface area (Å²) in [5, 5.41) is 18.1. The SMILES string of the molecule is O=C(O)Cc1ccccc1Oc1cccc(O)c1. The van der Waals surface area contributed by atoms with Crippen LogP contribution in [0.5, 0.6) is 17.2 Å². The number of aliphatic carboxylic acids is 1. The van der Waals surface area contributed by atoms with Gasteiger partial charge in [0.05, 0.1) is 6.42 Å². The van der Waals surface area contributed by atoms with Gasteiger partial charge in [-0.1, -0.05) is 24.3 Å². The van der Waals surface area contributed by atoms with Gasteiger partial charge in [0.15, 0.2) is 0 Å². The zero-order valence-electron chi connectivity index (χ0n) is 9.54. The Hall–Kier alpha value is -2.49. The Labute approximate surface area is 104 Å². The number of hydrogen-bond acceptors (Lipinski definition) is 3. The molecule has 0 atom stereocenters. The molecule has 4 heteroatoms. The number of phenols is 1. The zero-order chi connectivity index (χ0) is 13.0. The molecule has 0 bridgehead atoms. The van der Waals surface area contributed by atoms with Crippen molar-refractivity contribution in [2.45, 2.75) is 6.42 Å². The number of para-hydroxylation sites is 1. The van der Waals surface area contributed by atoms with Gasteiger partial charge in [-0.15, -0.1) is 0 Å². The van der Waals surface area contributed by atoms with Crippen LogP contribution in [-0.4, -0.2) is 16.2 Å². The Morgan fingerprint density at radius 2 is 1.89 bits per heavy atom. The van der Waals surface area contributed by atoms with Crippen LogP contribution in [0.25, 0.3) is 0 Å². The van der Waals surface area contributed by atoms with Gasteiger partial charge in [0, 0.05) is 11.6 Å². The summed E-state index contributed by atoms with van der Waals surface area (Å²) in [5.41, 5.74) is 0.591. The van der Waals surface area contributed by atoms with E-state index in [9.17, 15) is 9.90 Å². The second-order valence-electron chi connectivity index (χ2n) is 3.78. The molecule has 2 aromatic carbocycles. The fourth-order valence-corrected chi connectivity index (χ4v) is 1.59. The van der Waals surface area contributed by atoms with Crippen molar-refractivity contribution >= 4 is 5.97 Å². The quantitative estimate of drug-likeness (QED) is 0.867. The molecule has 0 radical (unpaired) electrons. The van der Waals surface area contributed by atoms with Crippen molar-refractivity contribution < 1.29 is 19.7 Å². The molecule has 2 aromatic rings. The highest BCUT2D eigenvalue weighted by Crippen LogP contribution is 2.27. The van der Waals surface area contributed by atoms with Gasteiger partial charge < -0.3 is 14.9 Å². The predicted octanol–water partition coefficient (Wildman–Crippen LogP) is 2.81. The van der Waals surface area contributed by atoms with E-state index in [1.807, 2.05) is 0 Å². The van der Waals surface area contributed by atoms with Crippen molar-refractivity contribution in [3.63, 3.8) is 0 Å². The maximum Gasteiger partial charge on any atom is 0.307 e. The number of benzene rings is 2.